The number of allylic oxidation sites excluding steroid dienone is 8. The molecule has 0 aromatic carbocycles. The monoisotopic (exact) mass is 1820 g/mol. The van der Waals surface area contributed by atoms with Gasteiger partial charge in [-0.3, -0.25) is 9.59 Å². The zero-order valence-corrected chi connectivity index (χ0v) is 87.8. The quantitative estimate of drug-likeness (QED) is 0.0147. The average molecular weight is 1820 g/mol. The molecule has 748 valence electrons. The summed E-state index contributed by atoms with van der Waals surface area (Å²) in [4.78, 5) is 30.9. The number of ether oxygens (including phenoxy) is 4. The van der Waals surface area contributed by atoms with Crippen molar-refractivity contribution in [3.63, 3.8) is 0 Å². The molecule has 0 spiro atoms. The number of aliphatic hydroxyl groups excluding tert-OH is 4. The van der Waals surface area contributed by atoms with Crippen LogP contribution in [-0.2, 0) is 46.2 Å². The number of hydrogen-bond acceptors (Lipinski definition) is 16. The third-order valence-corrected chi connectivity index (χ3v) is 27.7. The van der Waals surface area contributed by atoms with Gasteiger partial charge in [0, 0.05) is 52.4 Å². The summed E-state index contributed by atoms with van der Waals surface area (Å²) in [5, 5.41) is 37.5. The van der Waals surface area contributed by atoms with Crippen molar-refractivity contribution in [2.24, 2.45) is 10.8 Å². The van der Waals surface area contributed by atoms with E-state index in [-0.39, 0.29) is 25.2 Å². The standard InChI is InChI=1S/2C54H107NO7Si/c2*1-8-10-12-14-16-18-20-22-24-26-28-30-32-34-37-41-45-59-52(62-63(6,7)61-47-43-39-36-40-44-55(5)49-51(57)50-56)48-54(3,4)53(58)60-46-42-38-35-33-31-29-27-25-23-21-19-17-15-13-11-9-2/h2*22-25,51-52,56-57H,8-21,26-50H2,1-7H3/b2*24-22-,25-23-. The first-order valence-electron chi connectivity index (χ1n) is 53.7. The van der Waals surface area contributed by atoms with Gasteiger partial charge in [-0.25, -0.2) is 0 Å². The van der Waals surface area contributed by atoms with Gasteiger partial charge in [-0.1, -0.05) is 333 Å². The Kier molecular flexibility index (Phi) is 93.2. The topological polar surface area (TPSA) is 195 Å². The van der Waals surface area contributed by atoms with Crippen LogP contribution >= 0.6 is 0 Å². The molecule has 0 bridgehead atoms. The van der Waals surface area contributed by atoms with Crippen LogP contribution in [0.15, 0.2) is 48.6 Å². The van der Waals surface area contributed by atoms with Crippen molar-refractivity contribution in [1.82, 2.24) is 9.80 Å². The zero-order chi connectivity index (χ0) is 93.1. The Morgan fingerprint density at radius 3 is 0.722 bits per heavy atom. The molecule has 0 radical (unpaired) electrons. The lowest BCUT2D eigenvalue weighted by Gasteiger charge is -2.33. The van der Waals surface area contributed by atoms with Crippen molar-refractivity contribution in [1.29, 1.82) is 0 Å². The number of carbonyl (C=O) groups excluding carboxylic acids is 2. The Labute approximate surface area is 783 Å². The van der Waals surface area contributed by atoms with Crippen LogP contribution < -0.4 is 0 Å². The maximum absolute atomic E-state index is 13.4. The van der Waals surface area contributed by atoms with Gasteiger partial charge in [0.15, 0.2) is 12.6 Å². The van der Waals surface area contributed by atoms with E-state index in [0.29, 0.717) is 65.6 Å². The highest BCUT2D eigenvalue weighted by Crippen LogP contribution is 2.32. The molecule has 16 nitrogen and oxygen atoms in total. The number of carbonyl (C=O) groups is 2. The van der Waals surface area contributed by atoms with E-state index in [2.05, 4.69) is 112 Å². The van der Waals surface area contributed by atoms with Crippen LogP contribution in [0.4, 0.5) is 0 Å². The van der Waals surface area contributed by atoms with Gasteiger partial charge in [0.05, 0.1) is 49.5 Å². The van der Waals surface area contributed by atoms with Crippen LogP contribution in [0, 0.1) is 10.8 Å². The summed E-state index contributed by atoms with van der Waals surface area (Å²) >= 11 is 0. The van der Waals surface area contributed by atoms with Gasteiger partial charge in [-0.05, 0) is 235 Å². The molecule has 4 N–H and O–H groups in total. The van der Waals surface area contributed by atoms with Crippen molar-refractivity contribution >= 4 is 29.1 Å². The van der Waals surface area contributed by atoms with E-state index >= 15 is 0 Å². The summed E-state index contributed by atoms with van der Waals surface area (Å²) in [6.45, 7) is 31.0. The second-order valence-electron chi connectivity index (χ2n) is 39.6. The lowest BCUT2D eigenvalue weighted by atomic mass is 9.89. The van der Waals surface area contributed by atoms with Crippen molar-refractivity contribution in [2.75, 3.05) is 93.1 Å². The third kappa shape index (κ3) is 91.0. The van der Waals surface area contributed by atoms with Crippen molar-refractivity contribution < 1.29 is 66.7 Å². The van der Waals surface area contributed by atoms with E-state index in [0.717, 1.165) is 116 Å². The number of likely N-dealkylation sites (N-methyl/N-ethyl adjacent to an activating group) is 2. The molecule has 0 aliphatic heterocycles. The normalized spacial score (nSPS) is 13.6. The number of hydrogen-bond donors (Lipinski definition) is 4. The fourth-order valence-electron chi connectivity index (χ4n) is 15.8. The fourth-order valence-corrected chi connectivity index (χ4v) is 18.8. The van der Waals surface area contributed by atoms with Gasteiger partial charge in [-0.2, -0.15) is 0 Å². The second-order valence-corrected chi connectivity index (χ2v) is 46.2. The minimum Gasteiger partial charge on any atom is -0.465 e. The molecule has 0 rings (SSSR count). The molecular formula is C108H214N2O14Si2. The van der Waals surface area contributed by atoms with E-state index in [1.54, 1.807) is 0 Å². The van der Waals surface area contributed by atoms with Gasteiger partial charge in [-0.15, -0.1) is 0 Å². The SMILES string of the molecule is CCCCCCCC/C=C\CCCCCCCCOC(=O)C(C)(C)CC(OCCCCCCCC/C=C\CCCCCCCC)O[Si](C)(C)OCCCCCCN(C)CC(O)CO.CCCCCCCC/C=C\CCCCCCCCOC(=O)C(C)(C)CC(OCCCCCCCC/C=C\CCCCCCCC)O[Si](C)(C)OCCCCCCN(C)CC(O)CO. The van der Waals surface area contributed by atoms with Crippen molar-refractivity contribution in [2.45, 2.75) is 530 Å². The maximum Gasteiger partial charge on any atom is 0.333 e. The van der Waals surface area contributed by atoms with Gasteiger partial charge in [0.1, 0.15) is 0 Å². The molecule has 0 fully saturated rings. The molecule has 0 heterocycles. The zero-order valence-electron chi connectivity index (χ0n) is 85.8. The summed E-state index contributed by atoms with van der Waals surface area (Å²) in [5.41, 5.74) is -1.47. The van der Waals surface area contributed by atoms with E-state index in [9.17, 15) is 19.8 Å². The van der Waals surface area contributed by atoms with E-state index < -0.39 is 52.7 Å². The number of aliphatic hydroxyl groups is 4. The molecule has 0 aliphatic carbocycles. The first-order chi connectivity index (χ1) is 60.9. The van der Waals surface area contributed by atoms with Crippen LogP contribution in [0.1, 0.15) is 479 Å². The molecule has 0 saturated carbocycles. The first-order valence-corrected chi connectivity index (χ1v) is 59.3. The first kappa shape index (κ1) is 126. The molecule has 0 aromatic rings. The van der Waals surface area contributed by atoms with Gasteiger partial charge in [0.2, 0.25) is 0 Å². The second kappa shape index (κ2) is 93.3. The highest BCUT2D eigenvalue weighted by molar-refractivity contribution is 6.64. The number of nitrogens with zero attached hydrogens (tertiary/aromatic N) is 2. The molecule has 0 saturated heterocycles. The number of unbranched alkanes of at least 4 members (excludes halogenated alkanes) is 54. The predicted molar refractivity (Wildman–Crippen MR) is 543 cm³/mol. The molecule has 0 amide bonds. The molecule has 4 atom stereocenters. The summed E-state index contributed by atoms with van der Waals surface area (Å²) in [6.07, 6.45) is 96.6. The largest absolute Gasteiger partial charge is 0.465 e. The minimum atomic E-state index is -2.53. The van der Waals surface area contributed by atoms with E-state index in [1.165, 1.54) is 308 Å². The summed E-state index contributed by atoms with van der Waals surface area (Å²) in [5.74, 6) is -0.358. The molecule has 18 heteroatoms. The van der Waals surface area contributed by atoms with Crippen LogP contribution in [0.3, 0.4) is 0 Å². The minimum absolute atomic E-state index is 0.179. The Hall–Kier alpha value is -2.15. The Bertz CT molecular complexity index is 2240. The Morgan fingerprint density at radius 2 is 0.492 bits per heavy atom. The molecule has 0 aliphatic rings. The van der Waals surface area contributed by atoms with Crippen LogP contribution in [0.2, 0.25) is 26.2 Å². The van der Waals surface area contributed by atoms with Crippen LogP contribution in [0.25, 0.3) is 0 Å². The number of rotatable bonds is 98. The highest BCUT2D eigenvalue weighted by Gasteiger charge is 2.39. The fraction of sp³-hybridized carbons (Fsp3) is 0.907. The average Bonchev–Trinajstić information content (AvgIpc) is 0.853. The highest BCUT2D eigenvalue weighted by atomic mass is 28.4. The lowest BCUT2D eigenvalue weighted by Crippen LogP contribution is -2.43. The van der Waals surface area contributed by atoms with Gasteiger partial charge in [0.25, 0.3) is 0 Å². The van der Waals surface area contributed by atoms with Gasteiger partial charge < -0.3 is 66.9 Å². The summed E-state index contributed by atoms with van der Waals surface area (Å²) in [6, 6.07) is 0. The maximum atomic E-state index is 13.4. The van der Waals surface area contributed by atoms with Gasteiger partial charge >= 0.3 is 29.1 Å². The van der Waals surface area contributed by atoms with Crippen LogP contribution in [0.5, 0.6) is 0 Å². The molecule has 4 unspecified atom stereocenters. The van der Waals surface area contributed by atoms with Crippen molar-refractivity contribution in [3.05, 3.63) is 48.6 Å². The predicted octanol–water partition coefficient (Wildman–Crippen LogP) is 29.9. The van der Waals surface area contributed by atoms with Crippen LogP contribution in [-0.4, -0.2) is 177 Å². The third-order valence-electron chi connectivity index (χ3n) is 24.2. The van der Waals surface area contributed by atoms with Crippen molar-refractivity contribution in [3.8, 4) is 0 Å². The molecular weight excluding hydrogens is 1610 g/mol. The summed E-state index contributed by atoms with van der Waals surface area (Å²) in [7, 11) is -1.11. The smallest absolute Gasteiger partial charge is 0.333 e. The molecule has 0 aromatic heterocycles. The van der Waals surface area contributed by atoms with E-state index in [1.807, 2.05) is 41.8 Å². The Balaban J connectivity index is 0. The van der Waals surface area contributed by atoms with E-state index in [4.69, 9.17) is 46.9 Å². The molecule has 126 heavy (non-hydrogen) atoms. The summed E-state index contributed by atoms with van der Waals surface area (Å²) < 4.78 is 50.5. The lowest BCUT2D eigenvalue weighted by molar-refractivity contribution is -0.165. The Morgan fingerprint density at radius 1 is 0.294 bits per heavy atom. The number of esters is 2.